The van der Waals surface area contributed by atoms with E-state index < -0.39 is 0 Å². The van der Waals surface area contributed by atoms with Crippen LogP contribution >= 0.6 is 0 Å². The van der Waals surface area contributed by atoms with E-state index in [9.17, 15) is 4.39 Å². The highest BCUT2D eigenvalue weighted by Crippen LogP contribution is 2.21. The molecule has 0 amide bonds. The van der Waals surface area contributed by atoms with Crippen molar-refractivity contribution in [2.75, 3.05) is 11.9 Å². The van der Waals surface area contributed by atoms with E-state index in [1.807, 2.05) is 6.07 Å². The van der Waals surface area contributed by atoms with Crippen LogP contribution in [0.2, 0.25) is 0 Å². The van der Waals surface area contributed by atoms with Gasteiger partial charge in [-0.15, -0.1) is 0 Å². The van der Waals surface area contributed by atoms with E-state index in [-0.39, 0.29) is 12.4 Å². The largest absolute Gasteiger partial charge is 0.341 e. The van der Waals surface area contributed by atoms with Crippen LogP contribution in [0.3, 0.4) is 0 Å². The second kappa shape index (κ2) is 5.03. The Morgan fingerprint density at radius 2 is 1.94 bits per heavy atom. The lowest BCUT2D eigenvalue weighted by Gasteiger charge is -2.03. The van der Waals surface area contributed by atoms with Crippen LogP contribution in [0.25, 0.3) is 11.1 Å². The highest BCUT2D eigenvalue weighted by molar-refractivity contribution is 5.62. The maximum Gasteiger partial charge on any atom is 0.223 e. The first-order chi connectivity index (χ1) is 8.31. The summed E-state index contributed by atoms with van der Waals surface area (Å²) in [4.78, 5) is 7.99. The summed E-state index contributed by atoms with van der Waals surface area (Å²) < 4.78 is 13.5. The SMILES string of the molecule is N#CCNc1ncc(-c2ccccc2F)cn1. The highest BCUT2D eigenvalue weighted by atomic mass is 19.1. The van der Waals surface area contributed by atoms with Crippen molar-refractivity contribution in [2.24, 2.45) is 0 Å². The van der Waals surface area contributed by atoms with Crippen molar-refractivity contribution in [3.8, 4) is 17.2 Å². The number of hydrogen-bond acceptors (Lipinski definition) is 4. The average Bonchev–Trinajstić information content (AvgIpc) is 2.38. The number of rotatable bonds is 3. The topological polar surface area (TPSA) is 61.6 Å². The highest BCUT2D eigenvalue weighted by Gasteiger charge is 2.04. The third-order valence-corrected chi connectivity index (χ3v) is 2.16. The summed E-state index contributed by atoms with van der Waals surface area (Å²) in [5.74, 6) is 0.0421. The van der Waals surface area contributed by atoms with Gasteiger partial charge in [0, 0.05) is 23.5 Å². The first kappa shape index (κ1) is 11.0. The molecule has 1 N–H and O–H groups in total. The fraction of sp³-hybridized carbons (Fsp3) is 0.0833. The van der Waals surface area contributed by atoms with Crippen LogP contribution < -0.4 is 5.32 Å². The summed E-state index contributed by atoms with van der Waals surface area (Å²) in [6.07, 6.45) is 3.04. The number of halogens is 1. The lowest BCUT2D eigenvalue weighted by atomic mass is 10.1. The number of nitriles is 1. The minimum atomic E-state index is -0.311. The monoisotopic (exact) mass is 228 g/mol. The zero-order valence-electron chi connectivity index (χ0n) is 8.89. The molecule has 0 saturated heterocycles. The first-order valence-corrected chi connectivity index (χ1v) is 4.99. The fourth-order valence-electron chi connectivity index (χ4n) is 1.37. The van der Waals surface area contributed by atoms with E-state index >= 15 is 0 Å². The van der Waals surface area contributed by atoms with E-state index in [1.54, 1.807) is 18.2 Å². The van der Waals surface area contributed by atoms with Gasteiger partial charge in [-0.1, -0.05) is 18.2 Å². The second-order valence-electron chi connectivity index (χ2n) is 3.29. The summed E-state index contributed by atoms with van der Waals surface area (Å²) >= 11 is 0. The molecule has 4 nitrogen and oxygen atoms in total. The van der Waals surface area contributed by atoms with E-state index in [4.69, 9.17) is 5.26 Å². The average molecular weight is 228 g/mol. The predicted octanol–water partition coefficient (Wildman–Crippen LogP) is 2.22. The third-order valence-electron chi connectivity index (χ3n) is 2.16. The van der Waals surface area contributed by atoms with Gasteiger partial charge in [0.15, 0.2) is 0 Å². The number of anilines is 1. The molecule has 0 aliphatic heterocycles. The number of aromatic nitrogens is 2. The lowest BCUT2D eigenvalue weighted by molar-refractivity contribution is 0.631. The number of benzene rings is 1. The summed E-state index contributed by atoms with van der Waals surface area (Å²) in [5, 5.41) is 11.1. The summed E-state index contributed by atoms with van der Waals surface area (Å²) in [6, 6.07) is 8.35. The standard InChI is InChI=1S/C12H9FN4/c13-11-4-2-1-3-10(11)9-7-16-12(17-8-9)15-6-5-14/h1-4,7-8H,6H2,(H,15,16,17). The molecule has 0 spiro atoms. The van der Waals surface area contributed by atoms with Gasteiger partial charge in [-0.3, -0.25) is 0 Å². The first-order valence-electron chi connectivity index (χ1n) is 4.99. The number of nitrogens with one attached hydrogen (secondary N) is 1. The molecule has 0 bridgehead atoms. The van der Waals surface area contributed by atoms with Crippen LogP contribution in [0, 0.1) is 17.1 Å². The van der Waals surface area contributed by atoms with Crippen LogP contribution in [-0.4, -0.2) is 16.5 Å². The Hall–Kier alpha value is -2.48. The van der Waals surface area contributed by atoms with Gasteiger partial charge in [0.05, 0.1) is 6.07 Å². The van der Waals surface area contributed by atoms with Gasteiger partial charge in [0.2, 0.25) is 5.95 Å². The molecule has 2 aromatic rings. The Morgan fingerprint density at radius 1 is 1.24 bits per heavy atom. The molecule has 0 saturated carbocycles. The van der Waals surface area contributed by atoms with Gasteiger partial charge in [0.1, 0.15) is 12.4 Å². The molecule has 0 atom stereocenters. The molecular formula is C12H9FN4. The molecule has 0 radical (unpaired) electrons. The minimum absolute atomic E-state index is 0.138. The van der Waals surface area contributed by atoms with Crippen LogP contribution in [0.1, 0.15) is 0 Å². The Bertz CT molecular complexity index is 545. The van der Waals surface area contributed by atoms with Crippen LogP contribution in [0.4, 0.5) is 10.3 Å². The molecule has 0 aliphatic carbocycles. The van der Waals surface area contributed by atoms with Crippen molar-refractivity contribution >= 4 is 5.95 Å². The summed E-state index contributed by atoms with van der Waals surface area (Å²) in [6.45, 7) is 0.138. The third kappa shape index (κ3) is 2.55. The van der Waals surface area contributed by atoms with Gasteiger partial charge in [-0.05, 0) is 6.07 Å². The minimum Gasteiger partial charge on any atom is -0.341 e. The zero-order chi connectivity index (χ0) is 12.1. The maximum atomic E-state index is 13.5. The molecule has 1 aromatic carbocycles. The van der Waals surface area contributed by atoms with Gasteiger partial charge in [-0.25, -0.2) is 14.4 Å². The van der Waals surface area contributed by atoms with Crippen molar-refractivity contribution in [1.29, 1.82) is 5.26 Å². The molecular weight excluding hydrogens is 219 g/mol. The summed E-state index contributed by atoms with van der Waals surface area (Å²) in [5.41, 5.74) is 1.06. The number of nitrogens with zero attached hydrogens (tertiary/aromatic N) is 3. The predicted molar refractivity (Wildman–Crippen MR) is 61.5 cm³/mol. The zero-order valence-corrected chi connectivity index (χ0v) is 8.89. The van der Waals surface area contributed by atoms with Crippen molar-refractivity contribution in [3.63, 3.8) is 0 Å². The molecule has 0 unspecified atom stereocenters. The van der Waals surface area contributed by atoms with E-state index in [2.05, 4.69) is 15.3 Å². The van der Waals surface area contributed by atoms with Gasteiger partial charge in [-0.2, -0.15) is 5.26 Å². The Labute approximate surface area is 97.8 Å². The fourth-order valence-corrected chi connectivity index (χ4v) is 1.37. The molecule has 0 aliphatic rings. The summed E-state index contributed by atoms with van der Waals surface area (Å²) in [7, 11) is 0. The molecule has 0 fully saturated rings. The smallest absolute Gasteiger partial charge is 0.223 e. The van der Waals surface area contributed by atoms with Crippen molar-refractivity contribution in [2.45, 2.75) is 0 Å². The molecule has 2 rings (SSSR count). The molecule has 1 heterocycles. The maximum absolute atomic E-state index is 13.5. The van der Waals surface area contributed by atoms with Crippen LogP contribution in [-0.2, 0) is 0 Å². The van der Waals surface area contributed by atoms with Crippen molar-refractivity contribution in [3.05, 3.63) is 42.5 Å². The molecule has 1 aromatic heterocycles. The molecule has 17 heavy (non-hydrogen) atoms. The molecule has 84 valence electrons. The van der Waals surface area contributed by atoms with Gasteiger partial charge >= 0.3 is 0 Å². The number of hydrogen-bond donors (Lipinski definition) is 1. The normalized spacial score (nSPS) is 9.65. The van der Waals surface area contributed by atoms with Crippen molar-refractivity contribution < 1.29 is 4.39 Å². The van der Waals surface area contributed by atoms with Gasteiger partial charge in [0.25, 0.3) is 0 Å². The molecule has 5 heteroatoms. The Kier molecular flexibility index (Phi) is 3.26. The van der Waals surface area contributed by atoms with E-state index in [0.717, 1.165) is 0 Å². The quantitative estimate of drug-likeness (QED) is 0.818. The Morgan fingerprint density at radius 3 is 2.59 bits per heavy atom. The van der Waals surface area contributed by atoms with E-state index in [0.29, 0.717) is 17.1 Å². The van der Waals surface area contributed by atoms with Crippen LogP contribution in [0.5, 0.6) is 0 Å². The van der Waals surface area contributed by atoms with Crippen LogP contribution in [0.15, 0.2) is 36.7 Å². The van der Waals surface area contributed by atoms with Crippen molar-refractivity contribution in [1.82, 2.24) is 9.97 Å². The Balaban J connectivity index is 2.24. The van der Waals surface area contributed by atoms with Gasteiger partial charge < -0.3 is 5.32 Å². The lowest BCUT2D eigenvalue weighted by Crippen LogP contribution is -2.02. The van der Waals surface area contributed by atoms with E-state index in [1.165, 1.54) is 18.5 Å². The second-order valence-corrected chi connectivity index (χ2v) is 3.29.